The van der Waals surface area contributed by atoms with Crippen LogP contribution in [-0.4, -0.2) is 25.7 Å². The normalized spacial score (nSPS) is 26.7. The molecule has 0 aromatic heterocycles. The predicted octanol–water partition coefficient (Wildman–Crippen LogP) is 3.99. The number of aryl methyl sites for hydroxylation is 1. The zero-order chi connectivity index (χ0) is 14.7. The van der Waals surface area contributed by atoms with Crippen molar-refractivity contribution in [3.05, 3.63) is 29.8 Å². The molecule has 1 saturated carbocycles. The number of hydrogen-bond acceptors (Lipinski definition) is 2. The van der Waals surface area contributed by atoms with Crippen LogP contribution in [0, 0.1) is 18.8 Å². The van der Waals surface area contributed by atoms with Crippen molar-refractivity contribution in [2.45, 2.75) is 52.0 Å². The summed E-state index contributed by atoms with van der Waals surface area (Å²) in [5.74, 6) is 1.79. The van der Waals surface area contributed by atoms with Gasteiger partial charge in [-0.1, -0.05) is 37.5 Å². The topological polar surface area (TPSA) is 15.3 Å². The molecule has 2 heteroatoms. The van der Waals surface area contributed by atoms with Gasteiger partial charge in [0.05, 0.1) is 0 Å². The molecule has 1 aliphatic carbocycles. The Kier molecular flexibility index (Phi) is 4.84. The smallest absolute Gasteiger partial charge is 0.0367 e. The largest absolute Gasteiger partial charge is 0.370 e. The average molecular weight is 286 g/mol. The van der Waals surface area contributed by atoms with E-state index >= 15 is 0 Å². The van der Waals surface area contributed by atoms with Crippen molar-refractivity contribution in [3.63, 3.8) is 0 Å². The van der Waals surface area contributed by atoms with E-state index in [2.05, 4.69) is 48.3 Å². The molecule has 1 heterocycles. The van der Waals surface area contributed by atoms with Crippen LogP contribution in [0.5, 0.6) is 0 Å². The number of anilines is 1. The SMILES string of the molecule is CCC1CC(NCC2CCC2)CN(c2ccc(C)cc2)C1. The number of nitrogens with zero attached hydrogens (tertiary/aromatic N) is 1. The first-order valence-corrected chi connectivity index (χ1v) is 8.79. The van der Waals surface area contributed by atoms with Crippen LogP contribution in [0.4, 0.5) is 5.69 Å². The van der Waals surface area contributed by atoms with Gasteiger partial charge in [0, 0.05) is 24.8 Å². The minimum Gasteiger partial charge on any atom is -0.370 e. The van der Waals surface area contributed by atoms with Crippen molar-refractivity contribution in [3.8, 4) is 0 Å². The maximum atomic E-state index is 3.86. The van der Waals surface area contributed by atoms with Crippen LogP contribution in [0.3, 0.4) is 0 Å². The molecule has 3 rings (SSSR count). The molecule has 116 valence electrons. The van der Waals surface area contributed by atoms with E-state index in [1.807, 2.05) is 0 Å². The van der Waals surface area contributed by atoms with Crippen molar-refractivity contribution in [2.75, 3.05) is 24.5 Å². The quantitative estimate of drug-likeness (QED) is 0.880. The molecule has 21 heavy (non-hydrogen) atoms. The molecular formula is C19H30N2. The lowest BCUT2D eigenvalue weighted by molar-refractivity contribution is 0.262. The number of hydrogen-bond donors (Lipinski definition) is 1. The fourth-order valence-electron chi connectivity index (χ4n) is 3.64. The third-order valence-electron chi connectivity index (χ3n) is 5.43. The fourth-order valence-corrected chi connectivity index (χ4v) is 3.64. The van der Waals surface area contributed by atoms with E-state index < -0.39 is 0 Å². The third-order valence-corrected chi connectivity index (χ3v) is 5.43. The van der Waals surface area contributed by atoms with Gasteiger partial charge >= 0.3 is 0 Å². The second-order valence-electron chi connectivity index (χ2n) is 7.15. The van der Waals surface area contributed by atoms with Crippen LogP contribution in [0.2, 0.25) is 0 Å². The highest BCUT2D eigenvalue weighted by Crippen LogP contribution is 2.28. The number of nitrogens with one attached hydrogen (secondary N) is 1. The summed E-state index contributed by atoms with van der Waals surface area (Å²) in [6.45, 7) is 8.14. The maximum absolute atomic E-state index is 3.86. The minimum absolute atomic E-state index is 0.672. The second-order valence-corrected chi connectivity index (χ2v) is 7.15. The van der Waals surface area contributed by atoms with Gasteiger partial charge in [-0.25, -0.2) is 0 Å². The van der Waals surface area contributed by atoms with Gasteiger partial charge in [0.15, 0.2) is 0 Å². The van der Waals surface area contributed by atoms with E-state index in [0.717, 1.165) is 11.8 Å². The van der Waals surface area contributed by atoms with Gasteiger partial charge < -0.3 is 10.2 Å². The summed E-state index contributed by atoms with van der Waals surface area (Å²) in [6, 6.07) is 9.72. The Morgan fingerprint density at radius 1 is 1.10 bits per heavy atom. The third kappa shape index (κ3) is 3.79. The van der Waals surface area contributed by atoms with Gasteiger partial charge in [-0.2, -0.15) is 0 Å². The summed E-state index contributed by atoms with van der Waals surface area (Å²) in [7, 11) is 0. The first-order valence-electron chi connectivity index (χ1n) is 8.79. The molecule has 0 spiro atoms. The van der Waals surface area contributed by atoms with E-state index in [1.54, 1.807) is 0 Å². The zero-order valence-electron chi connectivity index (χ0n) is 13.6. The lowest BCUT2D eigenvalue weighted by Gasteiger charge is -2.40. The lowest BCUT2D eigenvalue weighted by atomic mass is 9.84. The molecule has 1 N–H and O–H groups in total. The summed E-state index contributed by atoms with van der Waals surface area (Å²) >= 11 is 0. The van der Waals surface area contributed by atoms with Crippen molar-refractivity contribution in [1.82, 2.24) is 5.32 Å². The van der Waals surface area contributed by atoms with Crippen LogP contribution in [0.25, 0.3) is 0 Å². The first kappa shape index (κ1) is 14.9. The molecule has 1 aromatic rings. The van der Waals surface area contributed by atoms with E-state index in [-0.39, 0.29) is 0 Å². The highest BCUT2D eigenvalue weighted by atomic mass is 15.2. The standard InChI is InChI=1S/C19H30N2/c1-3-16-11-18(20-12-17-5-4-6-17)14-21(13-16)19-9-7-15(2)8-10-19/h7-10,16-18,20H,3-6,11-14H2,1-2H3. The van der Waals surface area contributed by atoms with E-state index in [9.17, 15) is 0 Å². The highest BCUT2D eigenvalue weighted by Gasteiger charge is 2.27. The number of rotatable bonds is 5. The van der Waals surface area contributed by atoms with Crippen LogP contribution < -0.4 is 10.2 Å². The Morgan fingerprint density at radius 3 is 2.48 bits per heavy atom. The fraction of sp³-hybridized carbons (Fsp3) is 0.684. The molecule has 2 aliphatic rings. The molecule has 2 atom stereocenters. The molecule has 2 fully saturated rings. The van der Waals surface area contributed by atoms with Crippen LogP contribution in [-0.2, 0) is 0 Å². The summed E-state index contributed by atoms with van der Waals surface area (Å²) < 4.78 is 0. The van der Waals surface area contributed by atoms with Gasteiger partial charge in [0.25, 0.3) is 0 Å². The molecule has 0 amide bonds. The summed E-state index contributed by atoms with van der Waals surface area (Å²) in [5.41, 5.74) is 2.75. The molecule has 1 aliphatic heterocycles. The summed E-state index contributed by atoms with van der Waals surface area (Å²) in [4.78, 5) is 2.59. The lowest BCUT2D eigenvalue weighted by Crippen LogP contribution is -2.50. The van der Waals surface area contributed by atoms with Crippen LogP contribution in [0.15, 0.2) is 24.3 Å². The Balaban J connectivity index is 1.61. The van der Waals surface area contributed by atoms with Crippen molar-refractivity contribution < 1.29 is 0 Å². The molecular weight excluding hydrogens is 256 g/mol. The minimum atomic E-state index is 0.672. The molecule has 2 unspecified atom stereocenters. The predicted molar refractivity (Wildman–Crippen MR) is 90.9 cm³/mol. The first-order chi connectivity index (χ1) is 10.2. The molecule has 1 aromatic carbocycles. The highest BCUT2D eigenvalue weighted by molar-refractivity contribution is 5.48. The number of benzene rings is 1. The Morgan fingerprint density at radius 2 is 1.86 bits per heavy atom. The number of piperidine rings is 1. The van der Waals surface area contributed by atoms with Gasteiger partial charge in [-0.05, 0) is 56.7 Å². The van der Waals surface area contributed by atoms with Crippen molar-refractivity contribution >= 4 is 5.69 Å². The van der Waals surface area contributed by atoms with Crippen molar-refractivity contribution in [1.29, 1.82) is 0 Å². The van der Waals surface area contributed by atoms with E-state index in [0.29, 0.717) is 6.04 Å². The molecule has 2 nitrogen and oxygen atoms in total. The van der Waals surface area contributed by atoms with E-state index in [1.165, 1.54) is 63.0 Å². The van der Waals surface area contributed by atoms with Gasteiger partial charge in [0.2, 0.25) is 0 Å². The van der Waals surface area contributed by atoms with Crippen LogP contribution in [0.1, 0.15) is 44.6 Å². The van der Waals surface area contributed by atoms with Gasteiger partial charge in [-0.15, -0.1) is 0 Å². The summed E-state index contributed by atoms with van der Waals surface area (Å²) in [5, 5.41) is 3.86. The Labute approximate surface area is 129 Å². The molecule has 0 radical (unpaired) electrons. The van der Waals surface area contributed by atoms with Gasteiger partial charge in [-0.3, -0.25) is 0 Å². The maximum Gasteiger partial charge on any atom is 0.0367 e. The molecule has 0 bridgehead atoms. The van der Waals surface area contributed by atoms with E-state index in [4.69, 9.17) is 0 Å². The summed E-state index contributed by atoms with van der Waals surface area (Å²) in [6.07, 6.45) is 6.98. The zero-order valence-corrected chi connectivity index (χ0v) is 13.6. The van der Waals surface area contributed by atoms with Crippen LogP contribution >= 0.6 is 0 Å². The Hall–Kier alpha value is -1.02. The second kappa shape index (κ2) is 6.83. The Bertz CT molecular complexity index is 435. The average Bonchev–Trinajstić information content (AvgIpc) is 2.46. The molecule has 1 saturated heterocycles. The monoisotopic (exact) mass is 286 g/mol. The van der Waals surface area contributed by atoms with Crippen molar-refractivity contribution in [2.24, 2.45) is 11.8 Å². The van der Waals surface area contributed by atoms with Gasteiger partial charge in [0.1, 0.15) is 0 Å².